The Balaban J connectivity index is 1.36. The lowest BCUT2D eigenvalue weighted by Gasteiger charge is -2.30. The van der Waals surface area contributed by atoms with Crippen molar-refractivity contribution in [2.24, 2.45) is 0 Å². The molecule has 1 aliphatic carbocycles. The molecule has 1 fully saturated rings. The normalized spacial score (nSPS) is 15.0. The molecular formula is C23H26N4O4S2. The third-order valence-corrected chi connectivity index (χ3v) is 8.60. The number of hydrogen-bond acceptors (Lipinski definition) is 7. The highest BCUT2D eigenvalue weighted by Gasteiger charge is 2.29. The fraction of sp³-hybridized carbons (Fsp3) is 0.348. The number of carbonyl (C=O) groups is 1. The number of anilines is 1. The first kappa shape index (κ1) is 23.5. The number of carbonyl (C=O) groups excluding carboxylic acids is 1. The number of hydrogen-bond donors (Lipinski definition) is 1. The van der Waals surface area contributed by atoms with Crippen LogP contribution in [0, 0.1) is 0 Å². The number of sulfonamides is 1. The van der Waals surface area contributed by atoms with Gasteiger partial charge in [-0.15, -0.1) is 16.9 Å². The highest BCUT2D eigenvalue weighted by Crippen LogP contribution is 2.27. The zero-order valence-electron chi connectivity index (χ0n) is 18.3. The molecule has 4 rings (SSSR count). The number of thioether (sulfide) groups is 1. The smallest absolute Gasteiger partial charge is 0.322 e. The SMILES string of the molecule is CN(C1CCCCC1)S(=O)(=O)c1ccc(C(=O)Nc2nnc(CSc3ccccc3)o2)cc1. The molecular weight excluding hydrogens is 460 g/mol. The second-order valence-electron chi connectivity index (χ2n) is 7.89. The highest BCUT2D eigenvalue weighted by atomic mass is 32.2. The Labute approximate surface area is 197 Å². The van der Waals surface area contributed by atoms with Gasteiger partial charge < -0.3 is 4.42 Å². The van der Waals surface area contributed by atoms with Crippen LogP contribution in [-0.4, -0.2) is 41.9 Å². The summed E-state index contributed by atoms with van der Waals surface area (Å²) in [5.41, 5.74) is 0.299. The van der Waals surface area contributed by atoms with E-state index in [1.807, 2.05) is 30.3 Å². The largest absolute Gasteiger partial charge is 0.407 e. The van der Waals surface area contributed by atoms with Crippen molar-refractivity contribution >= 4 is 33.7 Å². The molecule has 10 heteroatoms. The van der Waals surface area contributed by atoms with E-state index in [-0.39, 0.29) is 17.0 Å². The van der Waals surface area contributed by atoms with Gasteiger partial charge in [-0.25, -0.2) is 8.42 Å². The van der Waals surface area contributed by atoms with Crippen LogP contribution in [-0.2, 0) is 15.8 Å². The van der Waals surface area contributed by atoms with E-state index in [0.29, 0.717) is 17.2 Å². The van der Waals surface area contributed by atoms with Gasteiger partial charge in [0, 0.05) is 23.5 Å². The maximum absolute atomic E-state index is 13.0. The summed E-state index contributed by atoms with van der Waals surface area (Å²) >= 11 is 1.55. The predicted octanol–water partition coefficient (Wildman–Crippen LogP) is 4.57. The van der Waals surface area contributed by atoms with Gasteiger partial charge in [-0.1, -0.05) is 42.6 Å². The number of benzene rings is 2. The Morgan fingerprint density at radius 1 is 1.06 bits per heavy atom. The quantitative estimate of drug-likeness (QED) is 0.465. The Kier molecular flexibility index (Phi) is 7.46. The Hall–Kier alpha value is -2.69. The molecule has 1 aromatic heterocycles. The summed E-state index contributed by atoms with van der Waals surface area (Å²) in [6, 6.07) is 15.7. The second-order valence-corrected chi connectivity index (χ2v) is 10.9. The van der Waals surface area contributed by atoms with Crippen molar-refractivity contribution in [1.82, 2.24) is 14.5 Å². The third kappa shape index (κ3) is 5.82. The van der Waals surface area contributed by atoms with Gasteiger partial charge in [0.25, 0.3) is 5.91 Å². The summed E-state index contributed by atoms with van der Waals surface area (Å²) in [4.78, 5) is 13.8. The van der Waals surface area contributed by atoms with E-state index in [1.165, 1.54) is 28.6 Å². The van der Waals surface area contributed by atoms with E-state index >= 15 is 0 Å². The van der Waals surface area contributed by atoms with E-state index in [1.54, 1.807) is 18.8 Å². The van der Waals surface area contributed by atoms with E-state index in [4.69, 9.17) is 4.42 Å². The first-order valence-corrected chi connectivity index (χ1v) is 13.3. The van der Waals surface area contributed by atoms with Crippen LogP contribution >= 0.6 is 11.8 Å². The molecule has 2 aromatic carbocycles. The zero-order chi connectivity index (χ0) is 23.3. The van der Waals surface area contributed by atoms with Crippen molar-refractivity contribution < 1.29 is 17.6 Å². The van der Waals surface area contributed by atoms with E-state index in [9.17, 15) is 13.2 Å². The van der Waals surface area contributed by atoms with Gasteiger partial charge >= 0.3 is 6.01 Å². The number of nitrogens with zero attached hydrogens (tertiary/aromatic N) is 3. The van der Waals surface area contributed by atoms with Gasteiger partial charge in [0.2, 0.25) is 15.9 Å². The zero-order valence-corrected chi connectivity index (χ0v) is 19.9. The average molecular weight is 487 g/mol. The molecule has 174 valence electrons. The Morgan fingerprint density at radius 2 is 1.76 bits per heavy atom. The van der Waals surface area contributed by atoms with E-state index in [0.717, 1.165) is 37.0 Å². The van der Waals surface area contributed by atoms with Crippen LogP contribution in [0.1, 0.15) is 48.4 Å². The summed E-state index contributed by atoms with van der Waals surface area (Å²) in [5.74, 6) is 0.422. The predicted molar refractivity (Wildman–Crippen MR) is 127 cm³/mol. The maximum atomic E-state index is 13.0. The second kappa shape index (κ2) is 10.5. The summed E-state index contributed by atoms with van der Waals surface area (Å²) < 4.78 is 32.9. The molecule has 1 N–H and O–H groups in total. The molecule has 33 heavy (non-hydrogen) atoms. The minimum Gasteiger partial charge on any atom is -0.407 e. The van der Waals surface area contributed by atoms with Gasteiger partial charge in [-0.3, -0.25) is 10.1 Å². The average Bonchev–Trinajstić information content (AvgIpc) is 3.30. The lowest BCUT2D eigenvalue weighted by atomic mass is 9.96. The summed E-state index contributed by atoms with van der Waals surface area (Å²) in [6.45, 7) is 0. The topological polar surface area (TPSA) is 105 Å². The van der Waals surface area contributed by atoms with Crippen molar-refractivity contribution in [3.05, 3.63) is 66.1 Å². The van der Waals surface area contributed by atoms with Crippen molar-refractivity contribution in [1.29, 1.82) is 0 Å². The number of nitrogens with one attached hydrogen (secondary N) is 1. The molecule has 1 amide bonds. The van der Waals surface area contributed by atoms with Crippen LogP contribution in [0.25, 0.3) is 0 Å². The molecule has 3 aromatic rings. The molecule has 0 atom stereocenters. The van der Waals surface area contributed by atoms with Gasteiger partial charge in [0.05, 0.1) is 10.6 Å². The Bertz CT molecular complexity index is 1170. The van der Waals surface area contributed by atoms with Crippen molar-refractivity contribution in [2.75, 3.05) is 12.4 Å². The molecule has 0 aliphatic heterocycles. The van der Waals surface area contributed by atoms with Crippen molar-refractivity contribution in [2.45, 2.75) is 53.7 Å². The Morgan fingerprint density at radius 3 is 2.45 bits per heavy atom. The summed E-state index contributed by atoms with van der Waals surface area (Å²) in [6.07, 6.45) is 5.01. The number of aromatic nitrogens is 2. The molecule has 0 saturated heterocycles. The maximum Gasteiger partial charge on any atom is 0.322 e. The molecule has 8 nitrogen and oxygen atoms in total. The van der Waals surface area contributed by atoms with E-state index in [2.05, 4.69) is 15.5 Å². The van der Waals surface area contributed by atoms with Gasteiger partial charge in [-0.05, 0) is 49.2 Å². The lowest BCUT2D eigenvalue weighted by Crippen LogP contribution is -2.38. The van der Waals surface area contributed by atoms with Crippen LogP contribution < -0.4 is 5.32 Å². The number of amides is 1. The minimum absolute atomic E-state index is 0.00242. The first-order valence-electron chi connectivity index (χ1n) is 10.8. The van der Waals surface area contributed by atoms with Crippen LogP contribution in [0.2, 0.25) is 0 Å². The van der Waals surface area contributed by atoms with Crippen LogP contribution in [0.15, 0.2) is 68.8 Å². The molecule has 0 radical (unpaired) electrons. The van der Waals surface area contributed by atoms with Crippen LogP contribution in [0.3, 0.4) is 0 Å². The monoisotopic (exact) mass is 486 g/mol. The van der Waals surface area contributed by atoms with Crippen molar-refractivity contribution in [3.8, 4) is 0 Å². The van der Waals surface area contributed by atoms with E-state index < -0.39 is 15.9 Å². The minimum atomic E-state index is -3.61. The van der Waals surface area contributed by atoms with Gasteiger partial charge in [-0.2, -0.15) is 4.31 Å². The molecule has 0 bridgehead atoms. The standard InChI is InChI=1S/C23H26N4O4S2/c1-27(18-8-4-2-5-9-18)33(29,30)20-14-12-17(13-15-20)22(28)24-23-26-25-21(31-23)16-32-19-10-6-3-7-11-19/h3,6-7,10-15,18H,2,4-5,8-9,16H2,1H3,(H,24,26,28). The highest BCUT2D eigenvalue weighted by molar-refractivity contribution is 7.98. The molecule has 1 heterocycles. The summed E-state index contributed by atoms with van der Waals surface area (Å²) in [7, 11) is -1.97. The van der Waals surface area contributed by atoms with Crippen LogP contribution in [0.5, 0.6) is 0 Å². The number of rotatable bonds is 8. The molecule has 0 spiro atoms. The molecule has 1 aliphatic rings. The summed E-state index contributed by atoms with van der Waals surface area (Å²) in [5, 5.41) is 10.4. The lowest BCUT2D eigenvalue weighted by molar-refractivity contribution is 0.102. The van der Waals surface area contributed by atoms with Crippen molar-refractivity contribution in [3.63, 3.8) is 0 Å². The molecule has 1 saturated carbocycles. The fourth-order valence-electron chi connectivity index (χ4n) is 3.78. The third-order valence-electron chi connectivity index (χ3n) is 5.68. The first-order chi connectivity index (χ1) is 15.9. The van der Waals surface area contributed by atoms with Gasteiger partial charge in [0.15, 0.2) is 0 Å². The van der Waals surface area contributed by atoms with Crippen LogP contribution in [0.4, 0.5) is 6.01 Å². The molecule has 0 unspecified atom stereocenters. The fourth-order valence-corrected chi connectivity index (χ4v) is 5.95. The van der Waals surface area contributed by atoms with Gasteiger partial charge in [0.1, 0.15) is 0 Å².